The number of fused-ring (bicyclic) bond motifs is 3. The van der Waals surface area contributed by atoms with Crippen LogP contribution < -0.4 is 5.32 Å². The van der Waals surface area contributed by atoms with Gasteiger partial charge in [-0.05, 0) is 49.1 Å². The summed E-state index contributed by atoms with van der Waals surface area (Å²) in [7, 11) is 0. The Bertz CT molecular complexity index is 1000. The van der Waals surface area contributed by atoms with E-state index in [0.717, 1.165) is 31.1 Å². The smallest absolute Gasteiger partial charge is 0.322 e. The van der Waals surface area contributed by atoms with Gasteiger partial charge in [0.05, 0.1) is 0 Å². The normalized spacial score (nSPS) is 16.4. The molecule has 1 aromatic heterocycles. The van der Waals surface area contributed by atoms with Crippen LogP contribution in [0.3, 0.4) is 0 Å². The van der Waals surface area contributed by atoms with Gasteiger partial charge >= 0.3 is 6.03 Å². The molecule has 5 heteroatoms. The molecule has 4 nitrogen and oxygen atoms in total. The Hall–Kier alpha value is -2.46. The first-order valence-corrected chi connectivity index (χ1v) is 9.97. The minimum Gasteiger partial charge on any atom is -0.344 e. The van der Waals surface area contributed by atoms with Gasteiger partial charge in [0.2, 0.25) is 0 Å². The summed E-state index contributed by atoms with van der Waals surface area (Å²) >= 11 is 5.93. The Kier molecular flexibility index (Phi) is 4.09. The highest BCUT2D eigenvalue weighted by atomic mass is 35.5. The molecule has 5 rings (SSSR count). The van der Waals surface area contributed by atoms with Gasteiger partial charge in [-0.1, -0.05) is 29.8 Å². The predicted molar refractivity (Wildman–Crippen MR) is 109 cm³/mol. The standard InChI is InChI=1S/C22H22ClN3O/c23-16-7-9-17(10-8-16)24-22(27)25-12-11-21-19(14-25)18-3-1-2-4-20(18)26(21)13-15-5-6-15/h1-4,7-10,15H,5-6,11-14H2,(H,24,27). The van der Waals surface area contributed by atoms with Crippen molar-refractivity contribution < 1.29 is 4.79 Å². The van der Waals surface area contributed by atoms with Crippen molar-refractivity contribution in [2.45, 2.75) is 32.4 Å². The average molecular weight is 380 g/mol. The van der Waals surface area contributed by atoms with Gasteiger partial charge in [0.15, 0.2) is 0 Å². The van der Waals surface area contributed by atoms with Crippen molar-refractivity contribution in [1.29, 1.82) is 0 Å². The lowest BCUT2D eigenvalue weighted by molar-refractivity contribution is 0.206. The van der Waals surface area contributed by atoms with Crippen LogP contribution in [-0.2, 0) is 19.5 Å². The molecular weight excluding hydrogens is 358 g/mol. The van der Waals surface area contributed by atoms with Crippen LogP contribution in [0.5, 0.6) is 0 Å². The van der Waals surface area contributed by atoms with Crippen molar-refractivity contribution in [1.82, 2.24) is 9.47 Å². The number of amides is 2. The van der Waals surface area contributed by atoms with Gasteiger partial charge in [0, 0.05) is 58.9 Å². The Morgan fingerprint density at radius 2 is 1.89 bits per heavy atom. The number of hydrogen-bond donors (Lipinski definition) is 1. The molecule has 2 heterocycles. The zero-order valence-corrected chi connectivity index (χ0v) is 15.9. The molecule has 3 aromatic rings. The van der Waals surface area contributed by atoms with Gasteiger partial charge in [-0.15, -0.1) is 0 Å². The lowest BCUT2D eigenvalue weighted by Gasteiger charge is -2.28. The number of aromatic nitrogens is 1. The second-order valence-electron chi connectivity index (χ2n) is 7.60. The van der Waals surface area contributed by atoms with Gasteiger partial charge in [0.25, 0.3) is 0 Å². The molecule has 1 saturated carbocycles. The van der Waals surface area contributed by atoms with Crippen LogP contribution in [0.15, 0.2) is 48.5 Å². The maximum Gasteiger partial charge on any atom is 0.322 e. The summed E-state index contributed by atoms with van der Waals surface area (Å²) < 4.78 is 2.51. The number of carbonyl (C=O) groups is 1. The lowest BCUT2D eigenvalue weighted by atomic mass is 10.0. The van der Waals surface area contributed by atoms with E-state index in [2.05, 4.69) is 34.1 Å². The fraction of sp³-hybridized carbons (Fsp3) is 0.318. The Morgan fingerprint density at radius 1 is 1.11 bits per heavy atom. The number of anilines is 1. The van der Waals surface area contributed by atoms with Crippen molar-refractivity contribution in [2.75, 3.05) is 11.9 Å². The van der Waals surface area contributed by atoms with Crippen molar-refractivity contribution in [3.63, 3.8) is 0 Å². The molecule has 0 unspecified atom stereocenters. The Balaban J connectivity index is 1.42. The van der Waals surface area contributed by atoms with E-state index in [1.54, 1.807) is 12.1 Å². The van der Waals surface area contributed by atoms with Crippen LogP contribution in [0, 0.1) is 5.92 Å². The molecule has 0 radical (unpaired) electrons. The van der Waals surface area contributed by atoms with E-state index < -0.39 is 0 Å². The summed E-state index contributed by atoms with van der Waals surface area (Å²) in [5, 5.41) is 4.94. The maximum absolute atomic E-state index is 12.8. The van der Waals surface area contributed by atoms with E-state index >= 15 is 0 Å². The van der Waals surface area contributed by atoms with E-state index in [4.69, 9.17) is 11.6 Å². The monoisotopic (exact) mass is 379 g/mol. The lowest BCUT2D eigenvalue weighted by Crippen LogP contribution is -2.39. The number of nitrogens with zero attached hydrogens (tertiary/aromatic N) is 2. The summed E-state index contributed by atoms with van der Waals surface area (Å²) in [4.78, 5) is 14.7. The van der Waals surface area contributed by atoms with Crippen LogP contribution >= 0.6 is 11.6 Å². The molecule has 2 aliphatic rings. The minimum atomic E-state index is -0.0537. The van der Waals surface area contributed by atoms with E-state index in [1.165, 1.54) is 35.0 Å². The fourth-order valence-corrected chi connectivity index (χ4v) is 4.20. The van der Waals surface area contributed by atoms with Crippen LogP contribution in [0.1, 0.15) is 24.1 Å². The number of benzene rings is 2. The minimum absolute atomic E-state index is 0.0537. The highest BCUT2D eigenvalue weighted by Crippen LogP contribution is 2.36. The van der Waals surface area contributed by atoms with E-state index in [1.807, 2.05) is 17.0 Å². The first kappa shape index (κ1) is 16.7. The molecule has 1 aliphatic heterocycles. The maximum atomic E-state index is 12.8. The third-order valence-electron chi connectivity index (χ3n) is 5.68. The van der Waals surface area contributed by atoms with E-state index in [0.29, 0.717) is 11.6 Å². The second-order valence-corrected chi connectivity index (χ2v) is 8.04. The van der Waals surface area contributed by atoms with Gasteiger partial charge in [-0.25, -0.2) is 4.79 Å². The number of halogens is 1. The van der Waals surface area contributed by atoms with Crippen LogP contribution in [0.4, 0.5) is 10.5 Å². The van der Waals surface area contributed by atoms with Crippen LogP contribution in [0.2, 0.25) is 5.02 Å². The molecular formula is C22H22ClN3O. The van der Waals surface area contributed by atoms with Crippen molar-refractivity contribution in [2.24, 2.45) is 5.92 Å². The summed E-state index contributed by atoms with van der Waals surface area (Å²) in [6.45, 7) is 2.52. The molecule has 0 spiro atoms. The number of urea groups is 1. The van der Waals surface area contributed by atoms with Crippen LogP contribution in [0.25, 0.3) is 10.9 Å². The zero-order valence-electron chi connectivity index (χ0n) is 15.1. The summed E-state index contributed by atoms with van der Waals surface area (Å²) in [6, 6.07) is 15.8. The molecule has 1 aliphatic carbocycles. The van der Waals surface area contributed by atoms with E-state index in [-0.39, 0.29) is 6.03 Å². The van der Waals surface area contributed by atoms with E-state index in [9.17, 15) is 4.79 Å². The molecule has 138 valence electrons. The molecule has 1 fully saturated rings. The Morgan fingerprint density at radius 3 is 2.67 bits per heavy atom. The number of para-hydroxylation sites is 1. The fourth-order valence-electron chi connectivity index (χ4n) is 4.08. The molecule has 2 aromatic carbocycles. The highest BCUT2D eigenvalue weighted by Gasteiger charge is 2.29. The number of hydrogen-bond acceptors (Lipinski definition) is 1. The summed E-state index contributed by atoms with van der Waals surface area (Å²) in [5.74, 6) is 0.830. The molecule has 1 N–H and O–H groups in total. The van der Waals surface area contributed by atoms with Crippen LogP contribution in [-0.4, -0.2) is 22.0 Å². The van der Waals surface area contributed by atoms with Gasteiger partial charge in [0.1, 0.15) is 0 Å². The van der Waals surface area contributed by atoms with Crippen molar-refractivity contribution in [3.8, 4) is 0 Å². The molecule has 0 atom stereocenters. The molecule has 0 saturated heterocycles. The topological polar surface area (TPSA) is 37.3 Å². The Labute approximate surface area is 163 Å². The molecule has 0 bridgehead atoms. The third-order valence-corrected chi connectivity index (χ3v) is 5.93. The van der Waals surface area contributed by atoms with Crippen molar-refractivity contribution in [3.05, 3.63) is 64.8 Å². The number of nitrogens with one attached hydrogen (secondary N) is 1. The highest BCUT2D eigenvalue weighted by molar-refractivity contribution is 6.30. The zero-order chi connectivity index (χ0) is 18.4. The first-order valence-electron chi connectivity index (χ1n) is 9.59. The molecule has 27 heavy (non-hydrogen) atoms. The quantitative estimate of drug-likeness (QED) is 0.659. The van der Waals surface area contributed by atoms with Gasteiger partial charge in [-0.2, -0.15) is 0 Å². The summed E-state index contributed by atoms with van der Waals surface area (Å²) in [6.07, 6.45) is 3.60. The van der Waals surface area contributed by atoms with Gasteiger partial charge in [-0.3, -0.25) is 0 Å². The predicted octanol–water partition coefficient (Wildman–Crippen LogP) is 5.29. The van der Waals surface area contributed by atoms with Crippen molar-refractivity contribution >= 4 is 34.2 Å². The largest absolute Gasteiger partial charge is 0.344 e. The third kappa shape index (κ3) is 3.19. The number of rotatable bonds is 3. The van der Waals surface area contributed by atoms with Gasteiger partial charge < -0.3 is 14.8 Å². The SMILES string of the molecule is O=C(Nc1ccc(Cl)cc1)N1CCc2c(c3ccccc3n2CC2CC2)C1. The average Bonchev–Trinajstić information content (AvgIpc) is 3.46. The first-order chi connectivity index (χ1) is 13.2. The second kappa shape index (κ2) is 6.61. The molecule has 2 amide bonds. The number of carbonyl (C=O) groups excluding carboxylic acids is 1. The summed E-state index contributed by atoms with van der Waals surface area (Å²) in [5.41, 5.74) is 4.81.